The van der Waals surface area contributed by atoms with Gasteiger partial charge in [-0.05, 0) is 26.8 Å². The topological polar surface area (TPSA) is 72.2 Å². The summed E-state index contributed by atoms with van der Waals surface area (Å²) >= 11 is 0. The van der Waals surface area contributed by atoms with E-state index in [1.807, 2.05) is 13.8 Å². The summed E-state index contributed by atoms with van der Waals surface area (Å²) in [5.74, 6) is 0. The van der Waals surface area contributed by atoms with Crippen LogP contribution in [0.3, 0.4) is 0 Å². The summed E-state index contributed by atoms with van der Waals surface area (Å²) in [5.41, 5.74) is 5.53. The van der Waals surface area contributed by atoms with Crippen molar-refractivity contribution in [1.29, 1.82) is 0 Å². The zero-order valence-electron chi connectivity index (χ0n) is 11.2. The Morgan fingerprint density at radius 3 is 1.94 bits per heavy atom. The Labute approximate surface area is 107 Å². The van der Waals surface area contributed by atoms with E-state index in [2.05, 4.69) is 0 Å². The van der Waals surface area contributed by atoms with Crippen LogP contribution in [0, 0.1) is 0 Å². The van der Waals surface area contributed by atoms with Gasteiger partial charge in [-0.3, -0.25) is 0 Å². The molecule has 0 aromatic heterocycles. The molecule has 0 unspecified atom stereocenters. The highest BCUT2D eigenvalue weighted by molar-refractivity contribution is 6.67. The van der Waals surface area contributed by atoms with E-state index in [1.54, 1.807) is 14.2 Å². The third-order valence-electron chi connectivity index (χ3n) is 2.08. The molecule has 0 saturated heterocycles. The zero-order chi connectivity index (χ0) is 13.1. The molecule has 6 nitrogen and oxygen atoms in total. The summed E-state index contributed by atoms with van der Waals surface area (Å²) in [4.78, 5) is 0. The number of nitrogens with two attached hydrogens (primary N) is 1. The molecule has 0 rings (SSSR count). The lowest BCUT2D eigenvalue weighted by atomic mass is 10.5. The number of rotatable bonds is 11. The lowest BCUT2D eigenvalue weighted by molar-refractivity contribution is 0.0814. The van der Waals surface area contributed by atoms with E-state index in [-0.39, 0.29) is 0 Å². The van der Waals surface area contributed by atoms with Crippen molar-refractivity contribution >= 4 is 18.3 Å². The van der Waals surface area contributed by atoms with Gasteiger partial charge in [0.05, 0.1) is 0 Å². The Morgan fingerprint density at radius 2 is 1.59 bits per heavy atom. The molecule has 0 radical (unpaired) electrons. The Kier molecular flexibility index (Phi) is 10.3. The first-order valence-electron chi connectivity index (χ1n) is 5.89. The molecule has 0 saturated carbocycles. The van der Waals surface area contributed by atoms with Crippen molar-refractivity contribution in [2.75, 3.05) is 34.0 Å². The average molecular weight is 283 g/mol. The highest BCUT2D eigenvalue weighted by Gasteiger charge is 2.43. The number of hydrogen-bond acceptors (Lipinski definition) is 6. The Balaban J connectivity index is 4.60. The van der Waals surface area contributed by atoms with Crippen LogP contribution >= 0.6 is 0 Å². The molecule has 0 spiro atoms. The lowest BCUT2D eigenvalue weighted by Crippen LogP contribution is -2.51. The molecular formula is C9H25NO5Si2. The largest absolute Gasteiger partial charge is 0.493 e. The standard InChI is InChI=1S/C9H25NO5Si2/c1-5-13-17(14-6-2,9-7-8-10)15-16(11-3)12-4/h16H,5-10H2,1-4H3. The Bertz CT molecular complexity index is 177. The maximum atomic E-state index is 5.85. The second-order valence-corrected chi connectivity index (χ2v) is 8.23. The molecule has 8 heteroatoms. The van der Waals surface area contributed by atoms with E-state index in [9.17, 15) is 0 Å². The van der Waals surface area contributed by atoms with Crippen molar-refractivity contribution in [2.24, 2.45) is 5.73 Å². The van der Waals surface area contributed by atoms with E-state index in [4.69, 9.17) is 27.6 Å². The van der Waals surface area contributed by atoms with Gasteiger partial charge in [-0.25, -0.2) is 0 Å². The summed E-state index contributed by atoms with van der Waals surface area (Å²) in [6.45, 7) is 5.52. The normalized spacial score (nSPS) is 12.4. The fraction of sp³-hybridized carbons (Fsp3) is 1.00. The zero-order valence-corrected chi connectivity index (χ0v) is 13.4. The first kappa shape index (κ1) is 17.2. The second-order valence-electron chi connectivity index (χ2n) is 3.32. The fourth-order valence-corrected chi connectivity index (χ4v) is 6.45. The summed E-state index contributed by atoms with van der Waals surface area (Å²) in [6.07, 6.45) is 0.806. The maximum Gasteiger partial charge on any atom is 0.493 e. The van der Waals surface area contributed by atoms with Crippen molar-refractivity contribution in [3.63, 3.8) is 0 Å². The van der Waals surface area contributed by atoms with Crippen LogP contribution in [0.1, 0.15) is 20.3 Å². The highest BCUT2D eigenvalue weighted by Crippen LogP contribution is 2.19. The molecule has 0 atom stereocenters. The highest BCUT2D eigenvalue weighted by atomic mass is 28.4. The van der Waals surface area contributed by atoms with Gasteiger partial charge in [-0.1, -0.05) is 0 Å². The van der Waals surface area contributed by atoms with Gasteiger partial charge in [0, 0.05) is 33.5 Å². The Hall–Kier alpha value is 0.194. The minimum absolute atomic E-state index is 0.547. The molecule has 2 N–H and O–H groups in total. The monoisotopic (exact) mass is 283 g/mol. The SMILES string of the molecule is CCO[Si](CCCN)(OCC)O[SiH](OC)OC. The first-order chi connectivity index (χ1) is 8.17. The van der Waals surface area contributed by atoms with Gasteiger partial charge in [0.1, 0.15) is 0 Å². The molecule has 0 aromatic rings. The van der Waals surface area contributed by atoms with Crippen LogP contribution in [-0.4, -0.2) is 52.3 Å². The molecule has 17 heavy (non-hydrogen) atoms. The Morgan fingerprint density at radius 1 is 1.06 bits per heavy atom. The van der Waals surface area contributed by atoms with Gasteiger partial charge in [-0.2, -0.15) is 0 Å². The number of hydrogen-bond donors (Lipinski definition) is 1. The van der Waals surface area contributed by atoms with Crippen LogP contribution < -0.4 is 5.73 Å². The molecule has 0 amide bonds. The van der Waals surface area contributed by atoms with Gasteiger partial charge < -0.3 is 27.6 Å². The second kappa shape index (κ2) is 10.1. The van der Waals surface area contributed by atoms with Crippen molar-refractivity contribution < 1.29 is 21.8 Å². The van der Waals surface area contributed by atoms with Crippen LogP contribution in [0.5, 0.6) is 0 Å². The van der Waals surface area contributed by atoms with E-state index >= 15 is 0 Å². The van der Waals surface area contributed by atoms with Gasteiger partial charge in [-0.15, -0.1) is 0 Å². The lowest BCUT2D eigenvalue weighted by Gasteiger charge is -2.31. The predicted molar refractivity (Wildman–Crippen MR) is 69.7 cm³/mol. The molecular weight excluding hydrogens is 258 g/mol. The van der Waals surface area contributed by atoms with Gasteiger partial charge in [0.25, 0.3) is 0 Å². The third-order valence-corrected chi connectivity index (χ3v) is 7.48. The predicted octanol–water partition coefficient (Wildman–Crippen LogP) is 0.374. The minimum Gasteiger partial charge on any atom is -0.380 e. The van der Waals surface area contributed by atoms with E-state index in [1.165, 1.54) is 0 Å². The van der Waals surface area contributed by atoms with Crippen molar-refractivity contribution in [3.8, 4) is 0 Å². The van der Waals surface area contributed by atoms with Crippen LogP contribution in [0.15, 0.2) is 0 Å². The van der Waals surface area contributed by atoms with Crippen molar-refractivity contribution in [3.05, 3.63) is 0 Å². The van der Waals surface area contributed by atoms with Crippen molar-refractivity contribution in [1.82, 2.24) is 0 Å². The fourth-order valence-electron chi connectivity index (χ4n) is 1.41. The summed E-state index contributed by atoms with van der Waals surface area (Å²) in [5, 5.41) is 0. The maximum absolute atomic E-state index is 5.85. The van der Waals surface area contributed by atoms with Crippen molar-refractivity contribution in [2.45, 2.75) is 26.3 Å². The molecule has 0 aliphatic rings. The van der Waals surface area contributed by atoms with E-state index in [0.717, 1.165) is 6.42 Å². The molecule has 0 bridgehead atoms. The molecule has 0 aromatic carbocycles. The molecule has 0 fully saturated rings. The smallest absolute Gasteiger partial charge is 0.380 e. The minimum atomic E-state index is -2.69. The molecule has 104 valence electrons. The summed E-state index contributed by atoms with van der Waals surface area (Å²) in [7, 11) is -1.70. The van der Waals surface area contributed by atoms with E-state index in [0.29, 0.717) is 25.8 Å². The molecule has 0 aliphatic heterocycles. The van der Waals surface area contributed by atoms with E-state index < -0.39 is 18.3 Å². The van der Waals surface area contributed by atoms with Gasteiger partial charge in [0.15, 0.2) is 0 Å². The van der Waals surface area contributed by atoms with Crippen LogP contribution in [0.2, 0.25) is 6.04 Å². The summed E-state index contributed by atoms with van der Waals surface area (Å²) < 4.78 is 27.6. The molecule has 0 aliphatic carbocycles. The van der Waals surface area contributed by atoms with Crippen LogP contribution in [0.4, 0.5) is 0 Å². The molecule has 0 heterocycles. The van der Waals surface area contributed by atoms with Gasteiger partial charge >= 0.3 is 18.3 Å². The third kappa shape index (κ3) is 6.62. The first-order valence-corrected chi connectivity index (χ1v) is 9.24. The van der Waals surface area contributed by atoms with Gasteiger partial charge in [0.2, 0.25) is 0 Å². The average Bonchev–Trinajstić information content (AvgIpc) is 2.34. The summed E-state index contributed by atoms with van der Waals surface area (Å²) in [6, 6.07) is 0.696. The van der Waals surface area contributed by atoms with Crippen LogP contribution in [-0.2, 0) is 21.8 Å². The van der Waals surface area contributed by atoms with Crippen LogP contribution in [0.25, 0.3) is 0 Å². The quantitative estimate of drug-likeness (QED) is 0.553.